The number of hydrogen-bond acceptors (Lipinski definition) is 7. The van der Waals surface area contributed by atoms with Gasteiger partial charge in [0.05, 0.1) is 18.6 Å². The molecule has 9 nitrogen and oxygen atoms in total. The summed E-state index contributed by atoms with van der Waals surface area (Å²) < 4.78 is 13.7. The Balaban J connectivity index is 1.42. The van der Waals surface area contributed by atoms with Gasteiger partial charge in [0.2, 0.25) is 17.1 Å². The number of amides is 1. The van der Waals surface area contributed by atoms with Crippen molar-refractivity contribution in [2.45, 2.75) is 57.7 Å². The van der Waals surface area contributed by atoms with E-state index >= 15 is 0 Å². The molecule has 0 aliphatic carbocycles. The van der Waals surface area contributed by atoms with Crippen molar-refractivity contribution in [3.63, 3.8) is 0 Å². The number of nitrogens with zero attached hydrogens (tertiary/aromatic N) is 2. The first-order valence-corrected chi connectivity index (χ1v) is 13.0. The zero-order valence-corrected chi connectivity index (χ0v) is 21.6. The predicted octanol–water partition coefficient (Wildman–Crippen LogP) is 2.92. The summed E-state index contributed by atoms with van der Waals surface area (Å²) in [6.07, 6.45) is 0.885. The van der Waals surface area contributed by atoms with E-state index in [1.807, 2.05) is 24.5 Å². The van der Waals surface area contributed by atoms with E-state index in [0.29, 0.717) is 36.1 Å². The maximum atomic E-state index is 12.8. The third-order valence-corrected chi connectivity index (χ3v) is 7.31. The van der Waals surface area contributed by atoms with Crippen molar-refractivity contribution < 1.29 is 19.1 Å². The van der Waals surface area contributed by atoms with E-state index in [4.69, 9.17) is 14.9 Å². The van der Waals surface area contributed by atoms with Gasteiger partial charge in [0.15, 0.2) is 5.76 Å². The van der Waals surface area contributed by atoms with Crippen LogP contribution in [0, 0.1) is 5.92 Å². The molecule has 1 aromatic carbocycles. The summed E-state index contributed by atoms with van der Waals surface area (Å²) >= 11 is 0. The van der Waals surface area contributed by atoms with Crippen molar-refractivity contribution in [2.75, 3.05) is 13.1 Å². The van der Waals surface area contributed by atoms with Crippen molar-refractivity contribution >= 4 is 5.91 Å². The maximum Gasteiger partial charge on any atom is 0.250 e. The number of benzene rings is 1. The number of carbonyl (C=O) groups is 1. The molecule has 200 valence electrons. The highest BCUT2D eigenvalue weighted by atomic mass is 16.5. The van der Waals surface area contributed by atoms with Crippen LogP contribution in [0.25, 0.3) is 0 Å². The largest absolute Gasteiger partial charge is 0.502 e. The van der Waals surface area contributed by atoms with Crippen LogP contribution >= 0.6 is 0 Å². The van der Waals surface area contributed by atoms with E-state index in [1.54, 1.807) is 36.4 Å². The summed E-state index contributed by atoms with van der Waals surface area (Å²) in [6.45, 7) is 6.38. The van der Waals surface area contributed by atoms with Gasteiger partial charge < -0.3 is 24.6 Å². The highest BCUT2D eigenvalue weighted by Gasteiger charge is 2.35. The molecule has 1 saturated heterocycles. The highest BCUT2D eigenvalue weighted by molar-refractivity contribution is 5.75. The van der Waals surface area contributed by atoms with Gasteiger partial charge in [-0.05, 0) is 49.9 Å². The number of primary amides is 1. The average molecular weight is 520 g/mol. The van der Waals surface area contributed by atoms with E-state index in [0.717, 1.165) is 25.2 Å². The van der Waals surface area contributed by atoms with Crippen molar-refractivity contribution in [1.29, 1.82) is 0 Å². The summed E-state index contributed by atoms with van der Waals surface area (Å²) in [4.78, 5) is 39.3. The molecule has 4 heterocycles. The second-order valence-electron chi connectivity index (χ2n) is 10.6. The number of piperidine rings is 1. The van der Waals surface area contributed by atoms with Crippen molar-refractivity contribution in [1.82, 2.24) is 9.47 Å². The standard InChI is InChI=1S/C29H33N3O6/c1-17(2)37-21-8-6-19(7-9-21)23(12-26(30)34)29-28(36)25(33)11-22(38-29)16-31-13-18-10-20(15-31)24-4-3-5-27(35)32(24)14-18/h3-9,11,17-18,20,23,36H,10,12-16H2,1-2H3,(H2,30,34)/t18-,20+,23-/m0/s1. The number of hydrogen-bond donors (Lipinski definition) is 2. The molecule has 0 radical (unpaired) electrons. The molecule has 0 saturated carbocycles. The zero-order valence-electron chi connectivity index (χ0n) is 21.6. The fourth-order valence-corrected chi connectivity index (χ4v) is 5.83. The Morgan fingerprint density at radius 3 is 2.61 bits per heavy atom. The van der Waals surface area contributed by atoms with Crippen LogP contribution < -0.4 is 21.5 Å². The van der Waals surface area contributed by atoms with Gasteiger partial charge in [-0.25, -0.2) is 0 Å². The van der Waals surface area contributed by atoms with E-state index in [2.05, 4.69) is 4.90 Å². The van der Waals surface area contributed by atoms with Gasteiger partial charge in [-0.2, -0.15) is 0 Å². The maximum absolute atomic E-state index is 12.8. The van der Waals surface area contributed by atoms with Crippen molar-refractivity contribution in [2.24, 2.45) is 11.7 Å². The molecule has 38 heavy (non-hydrogen) atoms. The van der Waals surface area contributed by atoms with Crippen molar-refractivity contribution in [3.05, 3.63) is 91.9 Å². The first-order chi connectivity index (χ1) is 18.2. The summed E-state index contributed by atoms with van der Waals surface area (Å²) in [5.41, 5.74) is 6.72. The molecular weight excluding hydrogens is 486 g/mol. The average Bonchev–Trinajstić information content (AvgIpc) is 2.85. The topological polar surface area (TPSA) is 128 Å². The van der Waals surface area contributed by atoms with Crippen LogP contribution in [-0.4, -0.2) is 39.7 Å². The Labute approximate surface area is 220 Å². The number of aromatic hydroxyl groups is 1. The quantitative estimate of drug-likeness (QED) is 0.468. The number of pyridine rings is 1. The Morgan fingerprint density at radius 2 is 1.89 bits per heavy atom. The Morgan fingerprint density at radius 1 is 1.13 bits per heavy atom. The van der Waals surface area contributed by atoms with Gasteiger partial charge in [-0.1, -0.05) is 18.2 Å². The summed E-state index contributed by atoms with van der Waals surface area (Å²) in [7, 11) is 0. The predicted molar refractivity (Wildman–Crippen MR) is 141 cm³/mol. The number of rotatable bonds is 8. The zero-order chi connectivity index (χ0) is 27.0. The lowest BCUT2D eigenvalue weighted by atomic mass is 9.83. The van der Waals surface area contributed by atoms with E-state index < -0.39 is 23.0 Å². The molecule has 2 aliphatic rings. The van der Waals surface area contributed by atoms with Crippen LogP contribution in [0.4, 0.5) is 0 Å². The Hall–Kier alpha value is -3.85. The SMILES string of the molecule is CC(C)Oc1ccc([C@H](CC(N)=O)c2oc(CN3C[C@@H]4C[C@H](C3)c3cccc(=O)n3C4)cc(=O)c2O)cc1. The third-order valence-electron chi connectivity index (χ3n) is 7.31. The molecular formula is C29H33N3O6. The lowest BCUT2D eigenvalue weighted by Crippen LogP contribution is -2.46. The van der Waals surface area contributed by atoms with Crippen LogP contribution in [-0.2, 0) is 17.9 Å². The van der Waals surface area contributed by atoms with E-state index in [-0.39, 0.29) is 29.8 Å². The van der Waals surface area contributed by atoms with Crippen LogP contribution in [0.3, 0.4) is 0 Å². The summed E-state index contributed by atoms with van der Waals surface area (Å²) in [6, 6.07) is 13.8. The summed E-state index contributed by atoms with van der Waals surface area (Å²) in [5, 5.41) is 10.7. The second kappa shape index (κ2) is 10.5. The van der Waals surface area contributed by atoms with Gasteiger partial charge in [0.25, 0.3) is 5.56 Å². The lowest BCUT2D eigenvalue weighted by molar-refractivity contribution is -0.118. The molecule has 2 aliphatic heterocycles. The number of fused-ring (bicyclic) bond motifs is 4. The molecule has 2 aromatic heterocycles. The number of likely N-dealkylation sites (tertiary alicyclic amines) is 1. The fraction of sp³-hybridized carbons (Fsp3) is 0.414. The first-order valence-electron chi connectivity index (χ1n) is 13.0. The minimum atomic E-state index is -0.729. The van der Waals surface area contributed by atoms with Crippen LogP contribution in [0.2, 0.25) is 0 Å². The van der Waals surface area contributed by atoms with E-state index in [1.165, 1.54) is 6.07 Å². The third kappa shape index (κ3) is 5.38. The fourth-order valence-electron chi connectivity index (χ4n) is 5.83. The minimum Gasteiger partial charge on any atom is -0.502 e. The van der Waals surface area contributed by atoms with Crippen LogP contribution in [0.15, 0.2) is 62.5 Å². The number of nitrogens with two attached hydrogens (primary N) is 1. The van der Waals surface area contributed by atoms with Gasteiger partial charge in [-0.3, -0.25) is 19.3 Å². The molecule has 5 rings (SSSR count). The lowest BCUT2D eigenvalue weighted by Gasteiger charge is -2.42. The normalized spacial score (nSPS) is 19.7. The molecule has 0 unspecified atom stereocenters. The molecule has 3 aromatic rings. The molecule has 3 N–H and O–H groups in total. The van der Waals surface area contributed by atoms with Gasteiger partial charge in [0, 0.05) is 49.8 Å². The number of carbonyl (C=O) groups excluding carboxylic acids is 1. The molecule has 2 bridgehead atoms. The van der Waals surface area contributed by atoms with E-state index in [9.17, 15) is 19.5 Å². The minimum absolute atomic E-state index is 0.00441. The van der Waals surface area contributed by atoms with Crippen molar-refractivity contribution in [3.8, 4) is 11.5 Å². The molecule has 3 atom stereocenters. The summed E-state index contributed by atoms with van der Waals surface area (Å²) in [5.74, 6) is -0.199. The second-order valence-corrected chi connectivity index (χ2v) is 10.6. The molecule has 1 amide bonds. The first kappa shape index (κ1) is 25.8. The van der Waals surface area contributed by atoms with Crippen LogP contribution in [0.5, 0.6) is 11.5 Å². The molecule has 1 fully saturated rings. The van der Waals surface area contributed by atoms with Gasteiger partial charge in [0.1, 0.15) is 11.5 Å². The monoisotopic (exact) mass is 519 g/mol. The smallest absolute Gasteiger partial charge is 0.250 e. The molecule has 9 heteroatoms. The molecule has 0 spiro atoms. The highest BCUT2D eigenvalue weighted by Crippen LogP contribution is 2.37. The Bertz CT molecular complexity index is 1440. The number of aromatic nitrogens is 1. The van der Waals surface area contributed by atoms with Gasteiger partial charge >= 0.3 is 0 Å². The Kier molecular flexibility index (Phi) is 7.12. The van der Waals surface area contributed by atoms with Gasteiger partial charge in [-0.15, -0.1) is 0 Å². The number of ether oxygens (including phenoxy) is 1. The van der Waals surface area contributed by atoms with Crippen LogP contribution in [0.1, 0.15) is 61.3 Å².